The van der Waals surface area contributed by atoms with Crippen LogP contribution in [0.25, 0.3) is 66.4 Å². The maximum atomic E-state index is 7.77. The Morgan fingerprint density at radius 2 is 0.701 bits per heavy atom. The van der Waals surface area contributed by atoms with E-state index in [0.29, 0.717) is 0 Å². The van der Waals surface area contributed by atoms with Crippen LogP contribution in [0, 0.1) is 0 Å². The van der Waals surface area contributed by atoms with E-state index in [0.717, 1.165) is 72.8 Å². The van der Waals surface area contributed by atoms with E-state index in [9.17, 15) is 0 Å². The minimum absolute atomic E-state index is 0.0839. The van der Waals surface area contributed by atoms with Crippen molar-refractivity contribution in [3.63, 3.8) is 0 Å². The molecule has 3 nitrogen and oxygen atoms in total. The Labute approximate surface area is 513 Å². The third-order valence-corrected chi connectivity index (χ3v) is 20.0. The number of para-hydroxylation sites is 4. The zero-order valence-electron chi connectivity index (χ0n) is 52.1. The molecule has 0 fully saturated rings. The third kappa shape index (κ3) is 7.48. The maximum Gasteiger partial charge on any atom is 0.156 e. The fourth-order valence-corrected chi connectivity index (χ4v) is 15.6. The van der Waals surface area contributed by atoms with Gasteiger partial charge in [0.15, 0.2) is 5.75 Å². The summed E-state index contributed by atoms with van der Waals surface area (Å²) < 4.78 is 14.4. The van der Waals surface area contributed by atoms with E-state index in [2.05, 4.69) is 312 Å². The first-order chi connectivity index (χ1) is 41.7. The Morgan fingerprint density at radius 1 is 0.299 bits per heavy atom. The van der Waals surface area contributed by atoms with Crippen LogP contribution in [0.4, 0.5) is 17.1 Å². The summed E-state index contributed by atoms with van der Waals surface area (Å²) in [5.74, 6) is 1.69. The molecule has 0 saturated heterocycles. The molecule has 1 aliphatic heterocycles. The number of fused-ring (bicyclic) bond motifs is 22. The topological polar surface area (TPSA) is 25.6 Å². The highest BCUT2D eigenvalue weighted by Gasteiger charge is 2.55. The molecule has 4 aliphatic rings. The van der Waals surface area contributed by atoms with Gasteiger partial charge in [-0.25, -0.2) is 0 Å². The zero-order valence-corrected chi connectivity index (χ0v) is 52.1. The molecule has 87 heavy (non-hydrogen) atoms. The van der Waals surface area contributed by atoms with Gasteiger partial charge in [0.05, 0.1) is 22.2 Å². The van der Waals surface area contributed by atoms with E-state index in [1.807, 2.05) is 0 Å². The number of furan rings is 1. The van der Waals surface area contributed by atoms with Crippen molar-refractivity contribution in [1.82, 2.24) is 0 Å². The second-order valence-electron chi connectivity index (χ2n) is 29.2. The molecule has 1 aromatic heterocycles. The van der Waals surface area contributed by atoms with Crippen LogP contribution in [0.2, 0.25) is 0 Å². The minimum Gasteiger partial charge on any atom is -0.456 e. The fourth-order valence-electron chi connectivity index (χ4n) is 15.6. The van der Waals surface area contributed by atoms with Crippen LogP contribution >= 0.6 is 0 Å². The third-order valence-electron chi connectivity index (χ3n) is 20.0. The molecule has 3 heteroatoms. The van der Waals surface area contributed by atoms with Gasteiger partial charge in [-0.05, 0) is 159 Å². The summed E-state index contributed by atoms with van der Waals surface area (Å²) in [5, 5.41) is 2.18. The molecular formula is C84H73NO2. The number of hydrogen-bond acceptors (Lipinski definition) is 3. The van der Waals surface area contributed by atoms with Crippen molar-refractivity contribution in [3.05, 3.63) is 291 Å². The van der Waals surface area contributed by atoms with Gasteiger partial charge in [0, 0.05) is 33.2 Å². The van der Waals surface area contributed by atoms with Crippen molar-refractivity contribution >= 4 is 39.0 Å². The summed E-state index contributed by atoms with van der Waals surface area (Å²) in [6, 6.07) is 85.7. The summed E-state index contributed by atoms with van der Waals surface area (Å²) in [7, 11) is 0. The van der Waals surface area contributed by atoms with Gasteiger partial charge in [-0.2, -0.15) is 0 Å². The molecule has 0 radical (unpaired) electrons. The van der Waals surface area contributed by atoms with Crippen LogP contribution in [0.15, 0.2) is 229 Å². The summed E-state index contributed by atoms with van der Waals surface area (Å²) in [6.45, 7) is 28.1. The van der Waals surface area contributed by atoms with E-state index in [4.69, 9.17) is 9.15 Å². The van der Waals surface area contributed by atoms with Gasteiger partial charge < -0.3 is 14.1 Å². The first-order valence-electron chi connectivity index (χ1n) is 31.2. The summed E-state index contributed by atoms with van der Waals surface area (Å²) in [6.07, 6.45) is 0. The smallest absolute Gasteiger partial charge is 0.156 e. The molecule has 2 spiro atoms. The van der Waals surface area contributed by atoms with Crippen LogP contribution in [0.5, 0.6) is 11.5 Å². The quantitative estimate of drug-likeness (QED) is 0.176. The van der Waals surface area contributed by atoms with Gasteiger partial charge >= 0.3 is 0 Å². The van der Waals surface area contributed by atoms with Gasteiger partial charge in [-0.15, -0.1) is 0 Å². The van der Waals surface area contributed by atoms with E-state index >= 15 is 0 Å². The predicted octanol–water partition coefficient (Wildman–Crippen LogP) is 22.7. The molecule has 16 rings (SSSR count). The van der Waals surface area contributed by atoms with Gasteiger partial charge in [-0.1, -0.05) is 265 Å². The second kappa shape index (κ2) is 18.2. The summed E-state index contributed by atoms with van der Waals surface area (Å²) >= 11 is 0. The Bertz CT molecular complexity index is 4770. The van der Waals surface area contributed by atoms with Crippen molar-refractivity contribution in [3.8, 4) is 56.0 Å². The van der Waals surface area contributed by atoms with Crippen molar-refractivity contribution < 1.29 is 9.15 Å². The Kier molecular flexibility index (Phi) is 11.1. The lowest BCUT2D eigenvalue weighted by Crippen LogP contribution is -2.33. The van der Waals surface area contributed by atoms with Crippen LogP contribution in [0.1, 0.15) is 150 Å². The van der Waals surface area contributed by atoms with Crippen molar-refractivity contribution in [1.29, 1.82) is 0 Å². The molecule has 3 aliphatic carbocycles. The van der Waals surface area contributed by atoms with Gasteiger partial charge in [-0.3, -0.25) is 0 Å². The van der Waals surface area contributed by atoms with Crippen LogP contribution in [-0.4, -0.2) is 0 Å². The molecule has 11 aromatic carbocycles. The molecule has 2 heterocycles. The Morgan fingerprint density at radius 3 is 1.28 bits per heavy atom. The number of hydrogen-bond donors (Lipinski definition) is 0. The molecule has 0 atom stereocenters. The molecule has 0 bridgehead atoms. The van der Waals surface area contributed by atoms with Gasteiger partial charge in [0.2, 0.25) is 0 Å². The van der Waals surface area contributed by atoms with Crippen molar-refractivity contribution in [2.45, 2.75) is 116 Å². The highest BCUT2D eigenvalue weighted by atomic mass is 16.5. The first kappa shape index (κ1) is 53.3. The van der Waals surface area contributed by atoms with E-state index in [-0.39, 0.29) is 21.7 Å². The van der Waals surface area contributed by atoms with Crippen molar-refractivity contribution in [2.75, 3.05) is 4.90 Å². The largest absolute Gasteiger partial charge is 0.456 e. The maximum absolute atomic E-state index is 7.77. The van der Waals surface area contributed by atoms with E-state index in [1.54, 1.807) is 0 Å². The lowest BCUT2D eigenvalue weighted by molar-refractivity contribution is 0.437. The molecule has 0 N–H and O–H groups in total. The molecule has 0 amide bonds. The number of rotatable bonds is 4. The minimum atomic E-state index is -0.740. The van der Waals surface area contributed by atoms with Gasteiger partial charge in [0.1, 0.15) is 16.9 Å². The summed E-state index contributed by atoms with van der Waals surface area (Å²) in [5.41, 5.74) is 28.2. The highest BCUT2D eigenvalue weighted by molar-refractivity contribution is 6.14. The molecular weight excluding hydrogens is 1050 g/mol. The molecule has 12 aromatic rings. The number of anilines is 3. The normalized spacial score (nSPS) is 14.7. The first-order valence-corrected chi connectivity index (χ1v) is 31.2. The van der Waals surface area contributed by atoms with E-state index in [1.165, 1.54) is 89.0 Å². The lowest BCUT2D eigenvalue weighted by atomic mass is 9.64. The Hall–Kier alpha value is -9.18. The van der Waals surface area contributed by atoms with Crippen LogP contribution in [0.3, 0.4) is 0 Å². The average molecular weight is 1130 g/mol. The molecule has 426 valence electrons. The standard InChI is InChI=1S/C84H73NO2/c1-79(2,3)50-35-40-56-57-41-36-51(80(4,5)6)46-68(57)83(67(56)45-50)64-27-16-13-23-55(64)60-44-39-54(49-71(60)83)85(72-30-18-14-24-61(72)62-26-21-34-76-77(62)63-25-15-19-32-74(63)86-76)73-31-22-29-66-78(73)87-75-33-20-17-28-65(75)84(66)69-47-52(81(7,8)9)37-42-58(69)59-43-38-53(48-70(59)84)82(10,11)12/h13-49H,1-12H3. The van der Waals surface area contributed by atoms with Crippen molar-refractivity contribution in [2.24, 2.45) is 0 Å². The van der Waals surface area contributed by atoms with E-state index < -0.39 is 10.8 Å². The number of ether oxygens (including phenoxy) is 1. The van der Waals surface area contributed by atoms with Gasteiger partial charge in [0.25, 0.3) is 0 Å². The second-order valence-corrected chi connectivity index (χ2v) is 29.2. The lowest BCUT2D eigenvalue weighted by Gasteiger charge is -2.42. The summed E-state index contributed by atoms with van der Waals surface area (Å²) in [4.78, 5) is 2.54. The van der Waals surface area contributed by atoms with Crippen LogP contribution in [-0.2, 0) is 32.5 Å². The predicted molar refractivity (Wildman–Crippen MR) is 362 cm³/mol. The molecule has 0 unspecified atom stereocenters. The SMILES string of the molecule is CC(C)(C)c1ccc2c(c1)C1(c3ccccc3-c3ccc(N(c4ccccc4-c4cccc5oc6ccccc6c45)c4cccc5c4Oc4ccccc4C54c5cc(C(C)(C)C)ccc5-c5ccc(C(C)(C)C)cc54)cc31)c1cc(C(C)(C)C)ccc1-2. The number of benzene rings is 11. The zero-order chi connectivity index (χ0) is 59.9. The number of nitrogens with zero attached hydrogens (tertiary/aromatic N) is 1. The average Bonchev–Trinajstić information content (AvgIpc) is 1.58. The fraction of sp³-hybridized carbons (Fsp3) is 0.214. The molecule has 0 saturated carbocycles. The highest BCUT2D eigenvalue weighted by Crippen LogP contribution is 2.67. The Balaban J connectivity index is 1.03. The monoisotopic (exact) mass is 1130 g/mol. The van der Waals surface area contributed by atoms with Crippen LogP contribution < -0.4 is 9.64 Å².